The van der Waals surface area contributed by atoms with Gasteiger partial charge in [-0.05, 0) is 92.9 Å². The van der Waals surface area contributed by atoms with Crippen molar-refractivity contribution < 1.29 is 8.42 Å². The van der Waals surface area contributed by atoms with E-state index in [0.717, 1.165) is 24.7 Å². The molecule has 4 rings (SSSR count). The zero-order valence-corrected chi connectivity index (χ0v) is 18.7. The molecule has 2 aromatic carbocycles. The summed E-state index contributed by atoms with van der Waals surface area (Å²) in [6.45, 7) is 7.90. The van der Waals surface area contributed by atoms with Crippen molar-refractivity contribution in [2.45, 2.75) is 43.4 Å². The van der Waals surface area contributed by atoms with E-state index in [-0.39, 0.29) is 4.90 Å². The van der Waals surface area contributed by atoms with Crippen LogP contribution < -0.4 is 10.0 Å². The maximum absolute atomic E-state index is 11.4. The average Bonchev–Trinajstić information content (AvgIpc) is 2.75. The Morgan fingerprint density at radius 2 is 1.53 bits per heavy atom. The predicted molar refractivity (Wildman–Crippen MR) is 122 cm³/mol. The first kappa shape index (κ1) is 21.3. The zero-order valence-electron chi connectivity index (χ0n) is 17.8. The first-order valence-electron chi connectivity index (χ1n) is 11.1. The number of primary sulfonamides is 1. The van der Waals surface area contributed by atoms with E-state index in [1.165, 1.54) is 50.9 Å². The molecule has 2 fully saturated rings. The summed E-state index contributed by atoms with van der Waals surface area (Å²) < 4.78 is 22.9. The Hall–Kier alpha value is -1.89. The molecule has 6 heteroatoms. The van der Waals surface area contributed by atoms with E-state index in [2.05, 4.69) is 41.0 Å². The number of anilines is 1. The second-order valence-corrected chi connectivity index (χ2v) is 10.5. The Labute approximate surface area is 180 Å². The molecular formula is C24H33N3O2S. The van der Waals surface area contributed by atoms with Crippen molar-refractivity contribution in [3.05, 3.63) is 59.7 Å². The van der Waals surface area contributed by atoms with E-state index < -0.39 is 10.0 Å². The molecule has 2 N–H and O–H groups in total. The van der Waals surface area contributed by atoms with Crippen molar-refractivity contribution in [2.75, 3.05) is 37.6 Å². The van der Waals surface area contributed by atoms with Crippen LogP contribution in [0.15, 0.2) is 53.4 Å². The third kappa shape index (κ3) is 5.05. The van der Waals surface area contributed by atoms with Crippen molar-refractivity contribution in [2.24, 2.45) is 11.1 Å². The van der Waals surface area contributed by atoms with Gasteiger partial charge in [0.1, 0.15) is 0 Å². The normalized spacial score (nSPS) is 19.9. The number of sulfonamides is 1. The third-order valence-electron chi connectivity index (χ3n) is 6.88. The van der Waals surface area contributed by atoms with E-state index in [1.807, 2.05) is 12.1 Å². The molecule has 0 saturated carbocycles. The molecule has 0 aromatic heterocycles. The number of piperidine rings is 2. The summed E-state index contributed by atoms with van der Waals surface area (Å²) in [5.41, 5.74) is 4.05. The fraction of sp³-hybridized carbons (Fsp3) is 0.500. The fourth-order valence-corrected chi connectivity index (χ4v) is 5.57. The van der Waals surface area contributed by atoms with Gasteiger partial charge in [0.15, 0.2) is 0 Å². The molecule has 0 unspecified atom stereocenters. The Kier molecular flexibility index (Phi) is 6.46. The molecule has 2 heterocycles. The number of nitrogens with zero attached hydrogens (tertiary/aromatic N) is 2. The molecule has 0 radical (unpaired) electrons. The lowest BCUT2D eigenvalue weighted by Crippen LogP contribution is -2.41. The minimum atomic E-state index is -3.62. The maximum Gasteiger partial charge on any atom is 0.238 e. The molecule has 162 valence electrons. The van der Waals surface area contributed by atoms with Gasteiger partial charge in [0.25, 0.3) is 0 Å². The molecule has 0 amide bonds. The average molecular weight is 428 g/mol. The SMILES string of the molecule is Cc1ccccc1C1CCN(CC2CCN(c3ccc(S(N)(=O)=O)cc3)CC2)CC1. The quantitative estimate of drug-likeness (QED) is 0.789. The van der Waals surface area contributed by atoms with Crippen LogP contribution in [0.5, 0.6) is 0 Å². The van der Waals surface area contributed by atoms with Crippen LogP contribution in [0.25, 0.3) is 0 Å². The van der Waals surface area contributed by atoms with E-state index in [1.54, 1.807) is 17.7 Å². The van der Waals surface area contributed by atoms with Gasteiger partial charge in [0, 0.05) is 25.3 Å². The summed E-state index contributed by atoms with van der Waals surface area (Å²) in [5, 5.41) is 5.20. The van der Waals surface area contributed by atoms with E-state index >= 15 is 0 Å². The second-order valence-electron chi connectivity index (χ2n) is 8.90. The molecule has 30 heavy (non-hydrogen) atoms. The van der Waals surface area contributed by atoms with Crippen LogP contribution in [-0.2, 0) is 10.0 Å². The number of hydrogen-bond acceptors (Lipinski definition) is 4. The summed E-state index contributed by atoms with van der Waals surface area (Å²) in [7, 11) is -3.62. The number of hydrogen-bond donors (Lipinski definition) is 1. The molecular weight excluding hydrogens is 394 g/mol. The van der Waals surface area contributed by atoms with Crippen LogP contribution in [0.3, 0.4) is 0 Å². The molecule has 2 saturated heterocycles. The monoisotopic (exact) mass is 427 g/mol. The summed E-state index contributed by atoms with van der Waals surface area (Å²) in [4.78, 5) is 5.19. The first-order valence-corrected chi connectivity index (χ1v) is 12.6. The molecule has 0 bridgehead atoms. The largest absolute Gasteiger partial charge is 0.372 e. The molecule has 2 aliphatic heterocycles. The van der Waals surface area contributed by atoms with Gasteiger partial charge in [-0.2, -0.15) is 0 Å². The van der Waals surface area contributed by atoms with Gasteiger partial charge in [-0.25, -0.2) is 13.6 Å². The second kappa shape index (κ2) is 9.08. The minimum absolute atomic E-state index is 0.176. The van der Waals surface area contributed by atoms with Gasteiger partial charge >= 0.3 is 0 Å². The third-order valence-corrected chi connectivity index (χ3v) is 7.81. The standard InChI is InChI=1S/C24H33N3O2S/c1-19-4-2-3-5-24(19)21-12-14-26(15-13-21)18-20-10-16-27(17-11-20)22-6-8-23(9-7-22)30(25,28)29/h2-9,20-21H,10-18H2,1H3,(H2,25,28,29). The Morgan fingerprint density at radius 3 is 2.13 bits per heavy atom. The van der Waals surface area contributed by atoms with Crippen molar-refractivity contribution in [3.63, 3.8) is 0 Å². The molecule has 2 aromatic rings. The molecule has 0 aliphatic carbocycles. The van der Waals surface area contributed by atoms with Crippen LogP contribution in [0.4, 0.5) is 5.69 Å². The Balaban J connectivity index is 1.24. The molecule has 0 atom stereocenters. The van der Waals surface area contributed by atoms with Crippen LogP contribution in [0, 0.1) is 12.8 Å². The van der Waals surface area contributed by atoms with E-state index in [0.29, 0.717) is 5.92 Å². The Bertz CT molecular complexity index is 943. The minimum Gasteiger partial charge on any atom is -0.372 e. The topological polar surface area (TPSA) is 66.6 Å². The highest BCUT2D eigenvalue weighted by Gasteiger charge is 2.26. The summed E-state index contributed by atoms with van der Waals surface area (Å²) >= 11 is 0. The zero-order chi connectivity index (χ0) is 21.1. The summed E-state index contributed by atoms with van der Waals surface area (Å²) in [6.07, 6.45) is 4.91. The summed E-state index contributed by atoms with van der Waals surface area (Å²) in [5.74, 6) is 1.46. The first-order chi connectivity index (χ1) is 14.4. The fourth-order valence-electron chi connectivity index (χ4n) is 5.06. The van der Waals surface area contributed by atoms with Crippen LogP contribution in [0.2, 0.25) is 0 Å². The highest BCUT2D eigenvalue weighted by atomic mass is 32.2. The highest BCUT2D eigenvalue weighted by Crippen LogP contribution is 2.31. The van der Waals surface area contributed by atoms with Gasteiger partial charge < -0.3 is 9.80 Å². The number of nitrogens with two attached hydrogens (primary N) is 1. The van der Waals surface area contributed by atoms with Gasteiger partial charge in [0.2, 0.25) is 10.0 Å². The smallest absolute Gasteiger partial charge is 0.238 e. The lowest BCUT2D eigenvalue weighted by Gasteiger charge is -2.38. The predicted octanol–water partition coefficient (Wildman–Crippen LogP) is 3.74. The van der Waals surface area contributed by atoms with Crippen molar-refractivity contribution >= 4 is 15.7 Å². The number of benzene rings is 2. The van der Waals surface area contributed by atoms with Crippen LogP contribution in [0.1, 0.15) is 42.7 Å². The molecule has 5 nitrogen and oxygen atoms in total. The van der Waals surface area contributed by atoms with E-state index in [9.17, 15) is 8.42 Å². The van der Waals surface area contributed by atoms with Gasteiger partial charge in [-0.15, -0.1) is 0 Å². The molecule has 2 aliphatic rings. The van der Waals surface area contributed by atoms with Crippen molar-refractivity contribution in [1.29, 1.82) is 0 Å². The highest BCUT2D eigenvalue weighted by molar-refractivity contribution is 7.89. The maximum atomic E-state index is 11.4. The van der Waals surface area contributed by atoms with Crippen molar-refractivity contribution in [1.82, 2.24) is 4.90 Å². The number of likely N-dealkylation sites (tertiary alicyclic amines) is 1. The lowest BCUT2D eigenvalue weighted by molar-refractivity contribution is 0.170. The Morgan fingerprint density at radius 1 is 0.900 bits per heavy atom. The summed E-state index contributed by atoms with van der Waals surface area (Å²) in [6, 6.07) is 15.8. The van der Waals surface area contributed by atoms with Gasteiger partial charge in [0.05, 0.1) is 4.90 Å². The number of rotatable bonds is 5. The number of aryl methyl sites for hydroxylation is 1. The van der Waals surface area contributed by atoms with Crippen molar-refractivity contribution in [3.8, 4) is 0 Å². The van der Waals surface area contributed by atoms with Crippen LogP contribution in [-0.4, -0.2) is 46.0 Å². The van der Waals surface area contributed by atoms with E-state index in [4.69, 9.17) is 5.14 Å². The molecule has 0 spiro atoms. The van der Waals surface area contributed by atoms with Crippen LogP contribution >= 0.6 is 0 Å². The van der Waals surface area contributed by atoms with Gasteiger partial charge in [-0.3, -0.25) is 0 Å². The lowest BCUT2D eigenvalue weighted by atomic mass is 9.86. The van der Waals surface area contributed by atoms with Gasteiger partial charge in [-0.1, -0.05) is 24.3 Å².